The van der Waals surface area contributed by atoms with Crippen LogP contribution in [0.4, 0.5) is 0 Å². The molecule has 3 nitrogen and oxygen atoms in total. The Hall–Kier alpha value is -0.560. The van der Waals surface area contributed by atoms with Gasteiger partial charge in [-0.05, 0) is 62.7 Å². The Morgan fingerprint density at radius 2 is 2.24 bits per heavy atom. The van der Waals surface area contributed by atoms with E-state index in [1.165, 1.54) is 30.4 Å². The molecule has 1 heterocycles. The molecule has 2 aliphatic rings. The van der Waals surface area contributed by atoms with E-state index >= 15 is 0 Å². The van der Waals surface area contributed by atoms with Crippen molar-refractivity contribution in [2.24, 2.45) is 5.41 Å². The van der Waals surface area contributed by atoms with Gasteiger partial charge in [-0.15, -0.1) is 0 Å². The Kier molecular flexibility index (Phi) is 7.38. The van der Waals surface area contributed by atoms with Crippen molar-refractivity contribution < 1.29 is 13.6 Å². The molecule has 2 rings (SSSR count). The lowest BCUT2D eigenvalue weighted by Gasteiger charge is -2.32. The summed E-state index contributed by atoms with van der Waals surface area (Å²) in [6.45, 7) is 11.3. The maximum Gasteiger partial charge on any atom is 0.155 e. The number of hydrogen-bond acceptors (Lipinski definition) is 4. The van der Waals surface area contributed by atoms with Gasteiger partial charge in [-0.2, -0.15) is 0 Å². The molecule has 3 unspecified atom stereocenters. The molecule has 0 amide bonds. The van der Waals surface area contributed by atoms with E-state index in [0.29, 0.717) is 6.61 Å². The molecule has 5 heteroatoms. The smallest absolute Gasteiger partial charge is 0.155 e. The van der Waals surface area contributed by atoms with Gasteiger partial charge in [0.15, 0.2) is 9.03 Å². The molecule has 0 radical (unpaired) electrons. The summed E-state index contributed by atoms with van der Waals surface area (Å²) in [5, 5.41) is 0. The summed E-state index contributed by atoms with van der Waals surface area (Å²) < 4.78 is 19.7. The molecule has 1 N–H and O–H groups in total. The van der Waals surface area contributed by atoms with Gasteiger partial charge >= 0.3 is 0 Å². The Labute approximate surface area is 158 Å². The number of rotatable bonds is 4. The quantitative estimate of drug-likeness (QED) is 0.285. The third kappa shape index (κ3) is 5.46. The van der Waals surface area contributed by atoms with Crippen LogP contribution in [0.2, 0.25) is 0 Å². The molecule has 0 bridgehead atoms. The summed E-state index contributed by atoms with van der Waals surface area (Å²) in [7, 11) is 0.0362. The van der Waals surface area contributed by atoms with Gasteiger partial charge in [0.1, 0.15) is 10.9 Å². The highest BCUT2D eigenvalue weighted by atomic mass is 32.2. The van der Waals surface area contributed by atoms with Crippen LogP contribution in [0, 0.1) is 17.3 Å². The van der Waals surface area contributed by atoms with Gasteiger partial charge in [-0.25, -0.2) is 0 Å². The average Bonchev–Trinajstić information content (AvgIpc) is 3.08. The van der Waals surface area contributed by atoms with Gasteiger partial charge in [-0.1, -0.05) is 43.4 Å². The van der Waals surface area contributed by atoms with Gasteiger partial charge in [-0.3, -0.25) is 0 Å². The molecule has 0 aromatic rings. The normalized spacial score (nSPS) is 27.4. The van der Waals surface area contributed by atoms with Crippen LogP contribution in [0.5, 0.6) is 0 Å². The minimum atomic E-state index is -0.672. The first-order valence-electron chi connectivity index (χ1n) is 8.71. The molecule has 0 aromatic carbocycles. The molecule has 138 valence electrons. The predicted octanol–water partition coefficient (Wildman–Crippen LogP) is 5.91. The zero-order valence-electron chi connectivity index (χ0n) is 15.8. The summed E-state index contributed by atoms with van der Waals surface area (Å²) in [5.74, 6) is 6.20. The van der Waals surface area contributed by atoms with E-state index in [1.54, 1.807) is 0 Å². The van der Waals surface area contributed by atoms with Gasteiger partial charge in [0.2, 0.25) is 0 Å². The van der Waals surface area contributed by atoms with Crippen molar-refractivity contribution in [3.63, 3.8) is 0 Å². The zero-order chi connectivity index (χ0) is 18.5. The first kappa shape index (κ1) is 20.7. The second-order valence-corrected chi connectivity index (χ2v) is 9.34. The fraction of sp³-hybridized carbons (Fsp3) is 0.600. The summed E-state index contributed by atoms with van der Waals surface area (Å²) in [6.07, 6.45) is 9.80. The molecule has 1 aliphatic heterocycles. The Balaban J connectivity index is 2.09. The molecular weight excluding hydrogens is 351 g/mol. The first-order chi connectivity index (χ1) is 11.8. The lowest BCUT2D eigenvalue weighted by Crippen LogP contribution is -2.35. The molecule has 25 heavy (non-hydrogen) atoms. The van der Waals surface area contributed by atoms with Crippen LogP contribution in [0.15, 0.2) is 34.9 Å². The van der Waals surface area contributed by atoms with Crippen molar-refractivity contribution in [1.29, 1.82) is 0 Å². The number of allylic oxidation sites excluding steroid dienone is 6. The van der Waals surface area contributed by atoms with Crippen LogP contribution in [0.3, 0.4) is 0 Å². The molecule has 1 saturated heterocycles. The monoisotopic (exact) mass is 380 g/mol. The van der Waals surface area contributed by atoms with Crippen molar-refractivity contribution >= 4 is 21.1 Å². The summed E-state index contributed by atoms with van der Waals surface area (Å²) in [6, 6.07) is 0. The van der Waals surface area contributed by atoms with Crippen molar-refractivity contribution in [1.82, 2.24) is 0 Å². The van der Waals surface area contributed by atoms with Crippen molar-refractivity contribution in [3.05, 3.63) is 34.9 Å². The van der Waals surface area contributed by atoms with Crippen LogP contribution < -0.4 is 0 Å². The largest absolute Gasteiger partial charge is 0.333 e. The molecule has 0 saturated carbocycles. The van der Waals surface area contributed by atoms with E-state index < -0.39 is 4.75 Å². The predicted molar refractivity (Wildman–Crippen MR) is 109 cm³/mol. The molecular formula is C20H29O3PS. The van der Waals surface area contributed by atoms with Crippen molar-refractivity contribution in [2.75, 3.05) is 6.61 Å². The van der Waals surface area contributed by atoms with Crippen molar-refractivity contribution in [3.8, 4) is 11.8 Å². The third-order valence-electron chi connectivity index (χ3n) is 4.96. The average molecular weight is 380 g/mol. The topological polar surface area (TPSA) is 38.7 Å². The molecule has 0 aromatic heterocycles. The lowest BCUT2D eigenvalue weighted by atomic mass is 9.72. The van der Waals surface area contributed by atoms with E-state index in [9.17, 15) is 4.55 Å². The van der Waals surface area contributed by atoms with Gasteiger partial charge < -0.3 is 13.6 Å². The van der Waals surface area contributed by atoms with Crippen LogP contribution in [0.1, 0.15) is 53.9 Å². The van der Waals surface area contributed by atoms with Crippen LogP contribution in [0.25, 0.3) is 0 Å². The van der Waals surface area contributed by atoms with Crippen LogP contribution in [-0.2, 0) is 9.05 Å². The van der Waals surface area contributed by atoms with Crippen molar-refractivity contribution in [2.45, 2.75) is 64.7 Å². The standard InChI is InChI=1S/C20H29O3PS/c1-15(10-11-17-16(2)9-7-12-19(17,3)4)8-6-13-20(5,25-21)18-14-22-24-23-18/h8,10-11,18,21,24H,7,9,12,14H2,1-5H3/b11-10+,15-8+. The van der Waals surface area contributed by atoms with E-state index in [-0.39, 0.29) is 20.6 Å². The minimum Gasteiger partial charge on any atom is -0.333 e. The van der Waals surface area contributed by atoms with Gasteiger partial charge in [0, 0.05) is 12.0 Å². The molecule has 0 spiro atoms. The fourth-order valence-corrected chi connectivity index (χ4v) is 4.37. The molecule has 3 atom stereocenters. The third-order valence-corrected chi connectivity index (χ3v) is 6.37. The second-order valence-electron chi connectivity index (χ2n) is 7.62. The maximum absolute atomic E-state index is 9.61. The zero-order valence-corrected chi connectivity index (χ0v) is 17.6. The Bertz CT molecular complexity index is 633. The second kappa shape index (κ2) is 8.89. The lowest BCUT2D eigenvalue weighted by molar-refractivity contribution is 0.216. The van der Waals surface area contributed by atoms with E-state index in [1.807, 2.05) is 13.0 Å². The molecule has 1 aliphatic carbocycles. The highest BCUT2D eigenvalue weighted by molar-refractivity contribution is 7.95. The highest BCUT2D eigenvalue weighted by Crippen LogP contribution is 2.41. The van der Waals surface area contributed by atoms with E-state index in [2.05, 4.69) is 51.7 Å². The SMILES string of the molecule is CC1=C(/C=C/C(C)=C/C#CC(C)(SO)C2COPO2)C(C)(C)CCC1. The van der Waals surface area contributed by atoms with E-state index in [0.717, 1.165) is 17.6 Å². The summed E-state index contributed by atoms with van der Waals surface area (Å²) in [4.78, 5) is 0. The maximum atomic E-state index is 9.61. The molecule has 1 fully saturated rings. The van der Waals surface area contributed by atoms with E-state index in [4.69, 9.17) is 9.05 Å². The Morgan fingerprint density at radius 3 is 2.84 bits per heavy atom. The summed E-state index contributed by atoms with van der Waals surface area (Å²) >= 11 is 0.728. The Morgan fingerprint density at radius 1 is 1.48 bits per heavy atom. The number of hydrogen-bond donors (Lipinski definition) is 1. The highest BCUT2D eigenvalue weighted by Gasteiger charge is 2.38. The van der Waals surface area contributed by atoms with Gasteiger partial charge in [0.25, 0.3) is 0 Å². The van der Waals surface area contributed by atoms with Gasteiger partial charge in [0.05, 0.1) is 6.61 Å². The first-order valence-corrected chi connectivity index (χ1v) is 10.3. The fourth-order valence-electron chi connectivity index (χ4n) is 3.24. The van der Waals surface area contributed by atoms with Crippen LogP contribution >= 0.6 is 21.1 Å². The van der Waals surface area contributed by atoms with Crippen LogP contribution in [-0.4, -0.2) is 22.0 Å². The minimum absolute atomic E-state index is 0.0362. The summed E-state index contributed by atoms with van der Waals surface area (Å²) in [5.41, 5.74) is 4.30.